The summed E-state index contributed by atoms with van der Waals surface area (Å²) in [5.74, 6) is -1.20. The number of aromatic carboxylic acids is 1. The average molecular weight is 299 g/mol. The number of carboxylic acid groups (broad SMARTS) is 1. The number of imidazole rings is 1. The number of carboxylic acids is 1. The third kappa shape index (κ3) is 2.21. The van der Waals surface area contributed by atoms with Gasteiger partial charge in [0, 0.05) is 15.7 Å². The Balaban J connectivity index is 2.57. The Morgan fingerprint density at radius 1 is 1.53 bits per heavy atom. The Morgan fingerprint density at radius 3 is 2.82 bits per heavy atom. The van der Waals surface area contributed by atoms with Crippen LogP contribution in [0.5, 0.6) is 0 Å². The molecule has 4 nitrogen and oxygen atoms in total. The summed E-state index contributed by atoms with van der Waals surface area (Å²) in [6, 6.07) is 4.14. The fraction of sp³-hybridized carbons (Fsp3) is 0.0909. The number of carbonyl (C=O) groups is 1. The normalized spacial score (nSPS) is 10.5. The minimum absolute atomic E-state index is 0.0591. The lowest BCUT2D eigenvalue weighted by Crippen LogP contribution is -1.98. The van der Waals surface area contributed by atoms with Crippen LogP contribution >= 0.6 is 15.9 Å². The van der Waals surface area contributed by atoms with Gasteiger partial charge in [-0.05, 0) is 25.1 Å². The Labute approximate surface area is 105 Å². The standard InChI is InChI=1S/C11H8BrFN2O2/c1-5-9(11(16)17)15-10(14-5)7-4-6(13)2-3-8(7)12/h2-4H,1H3,(H,14,15)(H,16,17). The van der Waals surface area contributed by atoms with Crippen LogP contribution < -0.4 is 0 Å². The van der Waals surface area contributed by atoms with Gasteiger partial charge < -0.3 is 10.1 Å². The number of aromatic nitrogens is 2. The number of halogens is 2. The summed E-state index contributed by atoms with van der Waals surface area (Å²) < 4.78 is 13.8. The van der Waals surface area contributed by atoms with Crippen molar-refractivity contribution in [1.82, 2.24) is 9.97 Å². The number of hydrogen-bond acceptors (Lipinski definition) is 2. The maximum absolute atomic E-state index is 13.1. The van der Waals surface area contributed by atoms with E-state index in [1.54, 1.807) is 13.0 Å². The van der Waals surface area contributed by atoms with Crippen molar-refractivity contribution in [3.8, 4) is 11.4 Å². The lowest BCUT2D eigenvalue weighted by molar-refractivity contribution is 0.0690. The van der Waals surface area contributed by atoms with Gasteiger partial charge in [0.25, 0.3) is 0 Å². The molecular formula is C11H8BrFN2O2. The topological polar surface area (TPSA) is 66.0 Å². The summed E-state index contributed by atoms with van der Waals surface area (Å²) >= 11 is 3.26. The highest BCUT2D eigenvalue weighted by Crippen LogP contribution is 2.27. The minimum atomic E-state index is -1.11. The van der Waals surface area contributed by atoms with Gasteiger partial charge in [0.2, 0.25) is 0 Å². The van der Waals surface area contributed by atoms with Crippen molar-refractivity contribution in [3.63, 3.8) is 0 Å². The molecule has 2 aromatic rings. The van der Waals surface area contributed by atoms with Gasteiger partial charge in [-0.2, -0.15) is 0 Å². The second-order valence-corrected chi connectivity index (χ2v) is 4.34. The highest BCUT2D eigenvalue weighted by molar-refractivity contribution is 9.10. The van der Waals surface area contributed by atoms with E-state index in [4.69, 9.17) is 5.11 Å². The third-order valence-electron chi connectivity index (χ3n) is 2.27. The van der Waals surface area contributed by atoms with Crippen LogP contribution in [-0.2, 0) is 0 Å². The molecule has 1 aromatic carbocycles. The number of H-pyrrole nitrogens is 1. The maximum atomic E-state index is 13.1. The molecule has 0 atom stereocenters. The molecule has 0 saturated carbocycles. The molecule has 0 saturated heterocycles. The van der Waals surface area contributed by atoms with E-state index in [2.05, 4.69) is 25.9 Å². The van der Waals surface area contributed by atoms with Crippen molar-refractivity contribution in [1.29, 1.82) is 0 Å². The van der Waals surface area contributed by atoms with E-state index in [1.807, 2.05) is 0 Å². The lowest BCUT2D eigenvalue weighted by Gasteiger charge is -2.00. The molecule has 2 rings (SSSR count). The predicted octanol–water partition coefficient (Wildman–Crippen LogP) is 2.98. The average Bonchev–Trinajstić information content (AvgIpc) is 2.64. The SMILES string of the molecule is Cc1[nH]c(-c2cc(F)ccc2Br)nc1C(=O)O. The van der Waals surface area contributed by atoms with Crippen LogP contribution in [0.25, 0.3) is 11.4 Å². The Hall–Kier alpha value is -1.69. The van der Waals surface area contributed by atoms with Crippen molar-refractivity contribution in [2.45, 2.75) is 6.92 Å². The van der Waals surface area contributed by atoms with E-state index in [0.717, 1.165) is 0 Å². The predicted molar refractivity (Wildman–Crippen MR) is 63.4 cm³/mol. The van der Waals surface area contributed by atoms with E-state index in [1.165, 1.54) is 12.1 Å². The molecule has 0 unspecified atom stereocenters. The summed E-state index contributed by atoms with van der Waals surface area (Å²) in [6.07, 6.45) is 0. The highest BCUT2D eigenvalue weighted by Gasteiger charge is 2.16. The van der Waals surface area contributed by atoms with Gasteiger partial charge in [-0.3, -0.25) is 0 Å². The molecule has 0 aliphatic heterocycles. The van der Waals surface area contributed by atoms with E-state index >= 15 is 0 Å². The molecule has 6 heteroatoms. The van der Waals surface area contributed by atoms with E-state index in [0.29, 0.717) is 21.6 Å². The summed E-state index contributed by atoms with van der Waals surface area (Å²) in [7, 11) is 0. The van der Waals surface area contributed by atoms with Gasteiger partial charge in [0.05, 0.1) is 0 Å². The number of rotatable bonds is 2. The van der Waals surface area contributed by atoms with Crippen LogP contribution in [-0.4, -0.2) is 21.0 Å². The number of benzene rings is 1. The summed E-state index contributed by atoms with van der Waals surface area (Å²) in [5, 5.41) is 8.88. The fourth-order valence-corrected chi connectivity index (χ4v) is 1.91. The van der Waals surface area contributed by atoms with E-state index < -0.39 is 11.8 Å². The quantitative estimate of drug-likeness (QED) is 0.896. The van der Waals surface area contributed by atoms with Gasteiger partial charge in [-0.15, -0.1) is 0 Å². The first-order valence-corrected chi connectivity index (χ1v) is 5.53. The van der Waals surface area contributed by atoms with Gasteiger partial charge in [0.15, 0.2) is 5.69 Å². The van der Waals surface area contributed by atoms with Crippen LogP contribution in [0.2, 0.25) is 0 Å². The van der Waals surface area contributed by atoms with Crippen molar-refractivity contribution >= 4 is 21.9 Å². The van der Waals surface area contributed by atoms with Crippen LogP contribution in [0.4, 0.5) is 4.39 Å². The maximum Gasteiger partial charge on any atom is 0.356 e. The van der Waals surface area contributed by atoms with Crippen molar-refractivity contribution in [2.24, 2.45) is 0 Å². The zero-order valence-electron chi connectivity index (χ0n) is 8.79. The first kappa shape index (κ1) is 11.8. The highest BCUT2D eigenvalue weighted by atomic mass is 79.9. The van der Waals surface area contributed by atoms with Crippen LogP contribution in [0, 0.1) is 12.7 Å². The molecule has 88 valence electrons. The first-order chi connectivity index (χ1) is 7.99. The molecule has 0 spiro atoms. The molecule has 0 bridgehead atoms. The van der Waals surface area contributed by atoms with Crippen molar-refractivity contribution in [2.75, 3.05) is 0 Å². The third-order valence-corrected chi connectivity index (χ3v) is 2.96. The minimum Gasteiger partial charge on any atom is -0.476 e. The molecule has 17 heavy (non-hydrogen) atoms. The zero-order chi connectivity index (χ0) is 12.6. The summed E-state index contributed by atoms with van der Waals surface area (Å²) in [5.41, 5.74) is 0.862. The van der Waals surface area contributed by atoms with Gasteiger partial charge in [-0.25, -0.2) is 14.2 Å². The molecule has 0 radical (unpaired) electrons. The van der Waals surface area contributed by atoms with Crippen molar-refractivity contribution in [3.05, 3.63) is 39.9 Å². The number of aromatic amines is 1. The van der Waals surface area contributed by atoms with Crippen molar-refractivity contribution < 1.29 is 14.3 Å². The molecule has 2 N–H and O–H groups in total. The van der Waals surface area contributed by atoms with E-state index in [9.17, 15) is 9.18 Å². The summed E-state index contributed by atoms with van der Waals surface area (Å²) in [6.45, 7) is 1.60. The molecule has 0 aliphatic carbocycles. The Kier molecular flexibility index (Phi) is 2.97. The van der Waals surface area contributed by atoms with Gasteiger partial charge >= 0.3 is 5.97 Å². The van der Waals surface area contributed by atoms with Crippen LogP contribution in [0.15, 0.2) is 22.7 Å². The van der Waals surface area contributed by atoms with Crippen LogP contribution in [0.3, 0.4) is 0 Å². The molecule has 0 amide bonds. The largest absolute Gasteiger partial charge is 0.476 e. The second-order valence-electron chi connectivity index (χ2n) is 3.49. The smallest absolute Gasteiger partial charge is 0.356 e. The number of nitrogens with zero attached hydrogens (tertiary/aromatic N) is 1. The molecule has 0 fully saturated rings. The Bertz CT molecular complexity index is 595. The first-order valence-electron chi connectivity index (χ1n) is 4.74. The number of hydrogen-bond donors (Lipinski definition) is 2. The number of aryl methyl sites for hydroxylation is 1. The van der Waals surface area contributed by atoms with Gasteiger partial charge in [-0.1, -0.05) is 15.9 Å². The summed E-state index contributed by atoms with van der Waals surface area (Å²) in [4.78, 5) is 17.6. The molecule has 0 aliphatic rings. The lowest BCUT2D eigenvalue weighted by atomic mass is 10.2. The number of nitrogens with one attached hydrogen (secondary N) is 1. The Morgan fingerprint density at radius 2 is 2.24 bits per heavy atom. The molecular weight excluding hydrogens is 291 g/mol. The fourth-order valence-electron chi connectivity index (χ4n) is 1.48. The van der Waals surface area contributed by atoms with Crippen LogP contribution in [0.1, 0.15) is 16.2 Å². The molecule has 1 heterocycles. The van der Waals surface area contributed by atoms with Gasteiger partial charge in [0.1, 0.15) is 11.6 Å². The monoisotopic (exact) mass is 298 g/mol. The second kappa shape index (κ2) is 4.29. The zero-order valence-corrected chi connectivity index (χ0v) is 10.4. The van der Waals surface area contributed by atoms with E-state index in [-0.39, 0.29) is 5.69 Å². The molecule has 1 aromatic heterocycles.